The average Bonchev–Trinajstić information content (AvgIpc) is 3.48. The maximum Gasteiger partial charge on any atom is 0.251 e. The van der Waals surface area contributed by atoms with E-state index in [1.807, 2.05) is 54.6 Å². The summed E-state index contributed by atoms with van der Waals surface area (Å²) in [5, 5.41) is 12.8. The molecular formula is C27H33N7O. The summed E-state index contributed by atoms with van der Waals surface area (Å²) in [5.41, 5.74) is 9.87. The van der Waals surface area contributed by atoms with E-state index in [1.165, 1.54) is 5.56 Å². The molecule has 0 bridgehead atoms. The summed E-state index contributed by atoms with van der Waals surface area (Å²) in [6.45, 7) is 10.2. The van der Waals surface area contributed by atoms with Crippen LogP contribution in [0.25, 0.3) is 28.1 Å². The molecular weight excluding hydrogens is 438 g/mol. The quantitative estimate of drug-likeness (QED) is 0.441. The first-order valence-electron chi connectivity index (χ1n) is 12.3. The van der Waals surface area contributed by atoms with Crippen molar-refractivity contribution in [2.75, 3.05) is 13.1 Å². The number of amides is 1. The molecule has 0 aliphatic carbocycles. The molecule has 4 aromatic rings. The number of carbonyl (C=O) groups excluding carboxylic acids is 1. The predicted octanol–water partition coefficient (Wildman–Crippen LogP) is 3.96. The van der Waals surface area contributed by atoms with Gasteiger partial charge in [0.1, 0.15) is 5.69 Å². The largest absolute Gasteiger partial charge is 0.347 e. The van der Waals surface area contributed by atoms with Crippen LogP contribution >= 0.6 is 0 Å². The Morgan fingerprint density at radius 1 is 1.20 bits per heavy atom. The summed E-state index contributed by atoms with van der Waals surface area (Å²) >= 11 is 0. The van der Waals surface area contributed by atoms with Crippen LogP contribution < -0.4 is 11.1 Å². The van der Waals surface area contributed by atoms with E-state index < -0.39 is 0 Å². The highest BCUT2D eigenvalue weighted by Crippen LogP contribution is 2.27. The molecule has 8 nitrogen and oxygen atoms in total. The van der Waals surface area contributed by atoms with Crippen LogP contribution in [0.2, 0.25) is 0 Å². The number of hydrogen-bond donors (Lipinski definition) is 2. The third-order valence-electron chi connectivity index (χ3n) is 7.23. The number of pyridine rings is 2. The molecule has 1 fully saturated rings. The topological polar surface area (TPSA) is 101 Å². The molecule has 1 amide bonds. The SMILES string of the molecule is CCC(C)(C)NC(=O)c1ccc2ccc(-c3nnc4ccc([C@H](C)N5CC[C@@H](N)C5)cn34)nc2c1. The van der Waals surface area contributed by atoms with Crippen LogP contribution in [0.15, 0.2) is 48.7 Å². The number of aromatic nitrogens is 4. The first-order chi connectivity index (χ1) is 16.7. The molecule has 0 spiro atoms. The van der Waals surface area contributed by atoms with Crippen molar-refractivity contribution in [1.82, 2.24) is 29.8 Å². The van der Waals surface area contributed by atoms with Crippen molar-refractivity contribution >= 4 is 22.5 Å². The van der Waals surface area contributed by atoms with Gasteiger partial charge in [0.05, 0.1) is 5.52 Å². The van der Waals surface area contributed by atoms with E-state index >= 15 is 0 Å². The second-order valence-corrected chi connectivity index (χ2v) is 10.2. The smallest absolute Gasteiger partial charge is 0.251 e. The zero-order valence-corrected chi connectivity index (χ0v) is 20.8. The van der Waals surface area contributed by atoms with Gasteiger partial charge in [-0.15, -0.1) is 10.2 Å². The summed E-state index contributed by atoms with van der Waals surface area (Å²) in [4.78, 5) is 20.1. The second kappa shape index (κ2) is 9.02. The minimum Gasteiger partial charge on any atom is -0.347 e. The Hall–Kier alpha value is -3.36. The van der Waals surface area contributed by atoms with Gasteiger partial charge in [-0.2, -0.15) is 0 Å². The normalized spacial score (nSPS) is 17.8. The number of likely N-dealkylation sites (tertiary alicyclic amines) is 1. The number of hydrogen-bond acceptors (Lipinski definition) is 6. The van der Waals surface area contributed by atoms with Gasteiger partial charge < -0.3 is 11.1 Å². The Balaban J connectivity index is 1.49. The molecule has 8 heteroatoms. The van der Waals surface area contributed by atoms with Gasteiger partial charge in [0.2, 0.25) is 0 Å². The first kappa shape index (κ1) is 23.4. The number of nitrogens with two attached hydrogens (primary N) is 1. The van der Waals surface area contributed by atoms with Gasteiger partial charge in [0.25, 0.3) is 5.91 Å². The lowest BCUT2D eigenvalue weighted by Gasteiger charge is -2.24. The van der Waals surface area contributed by atoms with Crippen molar-refractivity contribution in [3.8, 4) is 11.5 Å². The lowest BCUT2D eigenvalue weighted by molar-refractivity contribution is 0.0911. The van der Waals surface area contributed by atoms with E-state index in [0.29, 0.717) is 17.1 Å². The fourth-order valence-electron chi connectivity index (χ4n) is 4.56. The highest BCUT2D eigenvalue weighted by atomic mass is 16.1. The molecule has 5 rings (SSSR count). The van der Waals surface area contributed by atoms with E-state index in [1.54, 1.807) is 0 Å². The van der Waals surface area contributed by atoms with Crippen LogP contribution in [0.4, 0.5) is 0 Å². The highest BCUT2D eigenvalue weighted by molar-refractivity contribution is 5.98. The zero-order chi connectivity index (χ0) is 24.7. The van der Waals surface area contributed by atoms with Gasteiger partial charge in [-0.25, -0.2) is 4.98 Å². The van der Waals surface area contributed by atoms with Gasteiger partial charge in [-0.3, -0.25) is 14.1 Å². The van der Waals surface area contributed by atoms with Crippen LogP contribution in [0.5, 0.6) is 0 Å². The van der Waals surface area contributed by atoms with Crippen LogP contribution in [0, 0.1) is 0 Å². The van der Waals surface area contributed by atoms with Gasteiger partial charge in [0, 0.05) is 47.9 Å². The predicted molar refractivity (Wildman–Crippen MR) is 138 cm³/mol. The third-order valence-corrected chi connectivity index (χ3v) is 7.23. The molecule has 182 valence electrons. The van der Waals surface area contributed by atoms with E-state index in [0.717, 1.165) is 42.5 Å². The molecule has 3 N–H and O–H groups in total. The van der Waals surface area contributed by atoms with Crippen molar-refractivity contribution in [2.24, 2.45) is 5.73 Å². The van der Waals surface area contributed by atoms with Gasteiger partial charge in [-0.05, 0) is 63.4 Å². The minimum atomic E-state index is -0.267. The number of nitrogens with one attached hydrogen (secondary N) is 1. The summed E-state index contributed by atoms with van der Waals surface area (Å²) in [7, 11) is 0. The molecule has 1 aliphatic rings. The second-order valence-electron chi connectivity index (χ2n) is 10.2. The monoisotopic (exact) mass is 471 g/mol. The number of carbonyl (C=O) groups is 1. The van der Waals surface area contributed by atoms with Crippen molar-refractivity contribution in [3.05, 3.63) is 59.8 Å². The van der Waals surface area contributed by atoms with Crippen LogP contribution in [0.3, 0.4) is 0 Å². The summed E-state index contributed by atoms with van der Waals surface area (Å²) in [6, 6.07) is 14.2. The van der Waals surface area contributed by atoms with Gasteiger partial charge in [0.15, 0.2) is 11.5 Å². The molecule has 1 aliphatic heterocycles. The van der Waals surface area contributed by atoms with E-state index in [4.69, 9.17) is 10.7 Å². The molecule has 0 radical (unpaired) electrons. The Labute approximate surface area is 205 Å². The maximum atomic E-state index is 12.8. The van der Waals surface area contributed by atoms with Crippen LogP contribution in [-0.4, -0.2) is 55.1 Å². The molecule has 0 unspecified atom stereocenters. The molecule has 35 heavy (non-hydrogen) atoms. The minimum absolute atomic E-state index is 0.0980. The Bertz CT molecular complexity index is 1390. The lowest BCUT2D eigenvalue weighted by Crippen LogP contribution is -2.42. The zero-order valence-electron chi connectivity index (χ0n) is 20.8. The Morgan fingerprint density at radius 3 is 2.74 bits per heavy atom. The maximum absolute atomic E-state index is 12.8. The number of fused-ring (bicyclic) bond motifs is 2. The van der Waals surface area contributed by atoms with E-state index in [9.17, 15) is 4.79 Å². The fourth-order valence-corrected chi connectivity index (χ4v) is 4.56. The van der Waals surface area contributed by atoms with Crippen molar-refractivity contribution in [3.63, 3.8) is 0 Å². The highest BCUT2D eigenvalue weighted by Gasteiger charge is 2.25. The molecule has 1 aromatic carbocycles. The van der Waals surface area contributed by atoms with Crippen molar-refractivity contribution < 1.29 is 4.79 Å². The summed E-state index contributed by atoms with van der Waals surface area (Å²) < 4.78 is 2.00. The van der Waals surface area contributed by atoms with Crippen LogP contribution in [0.1, 0.15) is 62.5 Å². The average molecular weight is 472 g/mol. The third kappa shape index (κ3) is 4.63. The van der Waals surface area contributed by atoms with Gasteiger partial charge in [-0.1, -0.05) is 25.1 Å². The molecule has 2 atom stereocenters. The van der Waals surface area contributed by atoms with E-state index in [-0.39, 0.29) is 23.5 Å². The fraction of sp³-hybridized carbons (Fsp3) is 0.407. The summed E-state index contributed by atoms with van der Waals surface area (Å²) in [5.74, 6) is 0.579. The lowest BCUT2D eigenvalue weighted by atomic mass is 10.0. The Morgan fingerprint density at radius 2 is 2.00 bits per heavy atom. The molecule has 1 saturated heterocycles. The van der Waals surface area contributed by atoms with Crippen molar-refractivity contribution in [1.29, 1.82) is 0 Å². The van der Waals surface area contributed by atoms with Crippen LogP contribution in [-0.2, 0) is 0 Å². The number of benzene rings is 1. The van der Waals surface area contributed by atoms with E-state index in [2.05, 4.69) is 46.5 Å². The standard InChI is InChI=1S/C27H33N7O/c1-5-27(3,4)30-26(35)19-7-6-18-8-10-22(29-23(18)14-19)25-32-31-24-11-9-20(15-34(24)25)17(2)33-13-12-21(28)16-33/h6-11,14-15,17,21H,5,12-13,16,28H2,1-4H3,(H,30,35)/t17-,21+/m0/s1. The molecule has 3 aromatic heterocycles. The van der Waals surface area contributed by atoms with Crippen molar-refractivity contribution in [2.45, 2.75) is 58.2 Å². The first-order valence-corrected chi connectivity index (χ1v) is 12.3. The molecule has 4 heterocycles. The number of nitrogens with zero attached hydrogens (tertiary/aromatic N) is 5. The number of rotatable bonds is 6. The van der Waals surface area contributed by atoms with Gasteiger partial charge >= 0.3 is 0 Å². The molecule has 0 saturated carbocycles. The summed E-state index contributed by atoms with van der Waals surface area (Å²) in [6.07, 6.45) is 3.98. The Kier molecular flexibility index (Phi) is 6.02.